The molecular formula is C20H21N5O3S. The third kappa shape index (κ3) is 3.27. The van der Waals surface area contributed by atoms with Crippen molar-refractivity contribution in [2.75, 3.05) is 11.9 Å². The van der Waals surface area contributed by atoms with Gasteiger partial charge in [-0.15, -0.1) is 16.4 Å². The van der Waals surface area contributed by atoms with Gasteiger partial charge in [-0.1, -0.05) is 32.0 Å². The van der Waals surface area contributed by atoms with Crippen LogP contribution in [0, 0.1) is 5.92 Å². The van der Waals surface area contributed by atoms with E-state index >= 15 is 0 Å². The second-order valence-electron chi connectivity index (χ2n) is 7.31. The number of carbonyl (C=O) groups is 1. The van der Waals surface area contributed by atoms with E-state index in [1.54, 1.807) is 18.5 Å². The number of nitrogens with zero attached hydrogens (tertiary/aromatic N) is 5. The molecule has 0 N–H and O–H groups in total. The van der Waals surface area contributed by atoms with Gasteiger partial charge in [0.25, 0.3) is 5.56 Å². The Kier molecular flexibility index (Phi) is 4.83. The highest BCUT2D eigenvalue weighted by molar-refractivity contribution is 7.17. The fraction of sp³-hybridized carbons (Fsp3) is 0.300. The van der Waals surface area contributed by atoms with E-state index in [0.29, 0.717) is 16.8 Å². The summed E-state index contributed by atoms with van der Waals surface area (Å²) >= 11 is 1.30. The van der Waals surface area contributed by atoms with E-state index in [1.165, 1.54) is 25.2 Å². The van der Waals surface area contributed by atoms with E-state index in [1.807, 2.05) is 44.2 Å². The second kappa shape index (κ2) is 7.32. The monoisotopic (exact) mass is 411 g/mol. The average Bonchev–Trinajstić information content (AvgIpc) is 3.30. The van der Waals surface area contributed by atoms with Crippen LogP contribution in [-0.2, 0) is 17.9 Å². The molecule has 0 spiro atoms. The molecule has 4 rings (SSSR count). The van der Waals surface area contributed by atoms with Crippen LogP contribution in [0.25, 0.3) is 16.0 Å². The van der Waals surface area contributed by atoms with Gasteiger partial charge in [-0.2, -0.15) is 0 Å². The largest absolute Gasteiger partial charge is 0.352 e. The molecule has 1 aromatic carbocycles. The summed E-state index contributed by atoms with van der Waals surface area (Å²) in [7, 11) is 1.66. The number of para-hydroxylation sites is 1. The number of thiophene rings is 1. The number of amides is 1. The lowest BCUT2D eigenvalue weighted by atomic mass is 10.2. The van der Waals surface area contributed by atoms with E-state index in [-0.39, 0.29) is 29.7 Å². The summed E-state index contributed by atoms with van der Waals surface area (Å²) in [5, 5.41) is 6.14. The summed E-state index contributed by atoms with van der Waals surface area (Å²) < 4.78 is 4.58. The molecule has 0 aliphatic carbocycles. The van der Waals surface area contributed by atoms with Gasteiger partial charge in [-0.3, -0.25) is 14.2 Å². The molecule has 0 saturated heterocycles. The van der Waals surface area contributed by atoms with Crippen molar-refractivity contribution in [2.24, 2.45) is 5.92 Å². The first-order valence-electron chi connectivity index (χ1n) is 9.29. The zero-order valence-corrected chi connectivity index (χ0v) is 17.2. The third-order valence-electron chi connectivity index (χ3n) is 4.74. The van der Waals surface area contributed by atoms with E-state index in [2.05, 4.69) is 5.10 Å². The van der Waals surface area contributed by atoms with Crippen LogP contribution >= 0.6 is 11.3 Å². The first-order valence-corrected chi connectivity index (χ1v) is 10.2. The van der Waals surface area contributed by atoms with Crippen LogP contribution in [-0.4, -0.2) is 31.7 Å². The number of hydrogen-bond donors (Lipinski definition) is 0. The Balaban J connectivity index is 1.82. The molecule has 3 heterocycles. The quantitative estimate of drug-likeness (QED) is 0.504. The van der Waals surface area contributed by atoms with Crippen molar-refractivity contribution in [2.45, 2.75) is 26.9 Å². The molecule has 8 nitrogen and oxygen atoms in total. The first-order chi connectivity index (χ1) is 13.9. The zero-order valence-electron chi connectivity index (χ0n) is 16.4. The van der Waals surface area contributed by atoms with Gasteiger partial charge in [0.2, 0.25) is 11.7 Å². The minimum atomic E-state index is -0.435. The molecule has 0 unspecified atom stereocenters. The number of anilines is 1. The molecular weight excluding hydrogens is 390 g/mol. The van der Waals surface area contributed by atoms with Crippen molar-refractivity contribution in [3.63, 3.8) is 0 Å². The number of likely N-dealkylation sites (N-methyl/N-ethyl adjacent to an activating group) is 1. The lowest BCUT2D eigenvalue weighted by molar-refractivity contribution is -0.119. The van der Waals surface area contributed by atoms with Crippen molar-refractivity contribution < 1.29 is 4.79 Å². The first kappa shape index (κ1) is 19.1. The SMILES string of the molecule is CC(C)Cn1c(=O)c2sccc2n2c(=O)n(CC(=O)N(C)c3ccccc3)nc12. The smallest absolute Gasteiger partial charge is 0.314 e. The molecule has 0 aliphatic rings. The average molecular weight is 411 g/mol. The lowest BCUT2D eigenvalue weighted by Crippen LogP contribution is -2.34. The number of benzene rings is 1. The van der Waals surface area contributed by atoms with E-state index in [0.717, 1.165) is 10.4 Å². The van der Waals surface area contributed by atoms with Crippen molar-refractivity contribution in [3.8, 4) is 0 Å². The van der Waals surface area contributed by atoms with Gasteiger partial charge in [0.15, 0.2) is 0 Å². The van der Waals surface area contributed by atoms with Crippen molar-refractivity contribution >= 4 is 38.9 Å². The molecule has 0 radical (unpaired) electrons. The molecule has 150 valence electrons. The Morgan fingerprint density at radius 3 is 2.59 bits per heavy atom. The van der Waals surface area contributed by atoms with Gasteiger partial charge in [0, 0.05) is 19.3 Å². The van der Waals surface area contributed by atoms with Crippen LogP contribution in [0.1, 0.15) is 13.8 Å². The van der Waals surface area contributed by atoms with Crippen molar-refractivity contribution in [3.05, 3.63) is 62.6 Å². The molecule has 0 saturated carbocycles. The van der Waals surface area contributed by atoms with Crippen LogP contribution < -0.4 is 16.1 Å². The Hall–Kier alpha value is -3.20. The molecule has 29 heavy (non-hydrogen) atoms. The maximum absolute atomic E-state index is 13.1. The topological polar surface area (TPSA) is 81.6 Å². The number of hydrogen-bond acceptors (Lipinski definition) is 5. The minimum Gasteiger partial charge on any atom is -0.314 e. The maximum atomic E-state index is 13.1. The molecule has 4 aromatic rings. The Labute approximate surface area is 170 Å². The van der Waals surface area contributed by atoms with E-state index in [4.69, 9.17) is 0 Å². The highest BCUT2D eigenvalue weighted by Gasteiger charge is 2.21. The number of carbonyl (C=O) groups excluding carboxylic acids is 1. The highest BCUT2D eigenvalue weighted by Crippen LogP contribution is 2.18. The zero-order chi connectivity index (χ0) is 20.7. The van der Waals surface area contributed by atoms with Crippen LogP contribution in [0.15, 0.2) is 51.4 Å². The summed E-state index contributed by atoms with van der Waals surface area (Å²) in [5.41, 5.74) is 0.651. The van der Waals surface area contributed by atoms with Gasteiger partial charge < -0.3 is 4.90 Å². The summed E-state index contributed by atoms with van der Waals surface area (Å²) in [5.74, 6) is 0.177. The molecule has 0 atom stereocenters. The Morgan fingerprint density at radius 1 is 1.17 bits per heavy atom. The standard InChI is InChI=1S/C20H21N5O3S/c1-13(2)11-23-18(27)17-15(9-10-29-17)25-19(23)21-24(20(25)28)12-16(26)22(3)14-7-5-4-6-8-14/h4-10,13H,11-12H2,1-3H3. The maximum Gasteiger partial charge on any atom is 0.352 e. The van der Waals surface area contributed by atoms with Gasteiger partial charge in [-0.25, -0.2) is 13.9 Å². The highest BCUT2D eigenvalue weighted by atomic mass is 32.1. The van der Waals surface area contributed by atoms with E-state index in [9.17, 15) is 14.4 Å². The molecule has 9 heteroatoms. The summed E-state index contributed by atoms with van der Waals surface area (Å²) in [6.07, 6.45) is 0. The molecule has 0 fully saturated rings. The normalized spacial score (nSPS) is 11.6. The minimum absolute atomic E-state index is 0.166. The van der Waals surface area contributed by atoms with Crippen molar-refractivity contribution in [1.29, 1.82) is 0 Å². The van der Waals surface area contributed by atoms with Crippen LogP contribution in [0.3, 0.4) is 0 Å². The van der Waals surface area contributed by atoms with Crippen LogP contribution in [0.4, 0.5) is 5.69 Å². The summed E-state index contributed by atoms with van der Waals surface area (Å²) in [4.78, 5) is 40.2. The number of rotatable bonds is 5. The van der Waals surface area contributed by atoms with Gasteiger partial charge in [-0.05, 0) is 29.5 Å². The van der Waals surface area contributed by atoms with Crippen LogP contribution in [0.2, 0.25) is 0 Å². The lowest BCUT2D eigenvalue weighted by Gasteiger charge is -2.16. The van der Waals surface area contributed by atoms with E-state index < -0.39 is 5.69 Å². The summed E-state index contributed by atoms with van der Waals surface area (Å²) in [6.45, 7) is 4.21. The molecule has 3 aromatic heterocycles. The number of fused-ring (bicyclic) bond motifs is 3. The van der Waals surface area contributed by atoms with Gasteiger partial charge in [0.1, 0.15) is 11.2 Å². The number of aromatic nitrogens is 4. The fourth-order valence-corrected chi connectivity index (χ4v) is 4.12. The molecule has 0 bridgehead atoms. The predicted molar refractivity (Wildman–Crippen MR) is 114 cm³/mol. The second-order valence-corrected chi connectivity index (χ2v) is 8.22. The fourth-order valence-electron chi connectivity index (χ4n) is 3.30. The molecule has 1 amide bonds. The summed E-state index contributed by atoms with van der Waals surface area (Å²) in [6, 6.07) is 10.9. The van der Waals surface area contributed by atoms with Crippen molar-refractivity contribution in [1.82, 2.24) is 18.7 Å². The predicted octanol–water partition coefficient (Wildman–Crippen LogP) is 2.19. The third-order valence-corrected chi connectivity index (χ3v) is 5.63. The Morgan fingerprint density at radius 2 is 1.90 bits per heavy atom. The van der Waals surface area contributed by atoms with Gasteiger partial charge >= 0.3 is 5.69 Å². The Bertz CT molecular complexity index is 1310. The molecule has 0 aliphatic heterocycles. The van der Waals surface area contributed by atoms with Crippen LogP contribution in [0.5, 0.6) is 0 Å². The van der Waals surface area contributed by atoms with Gasteiger partial charge in [0.05, 0.1) is 5.52 Å².